The van der Waals surface area contributed by atoms with Crippen molar-refractivity contribution in [1.82, 2.24) is 10.3 Å². The van der Waals surface area contributed by atoms with Crippen LogP contribution >= 0.6 is 23.1 Å². The summed E-state index contributed by atoms with van der Waals surface area (Å²) < 4.78 is 0. The molecule has 2 fully saturated rings. The van der Waals surface area contributed by atoms with Crippen LogP contribution in [0, 0.1) is 0 Å². The third-order valence-electron chi connectivity index (χ3n) is 4.33. The van der Waals surface area contributed by atoms with Gasteiger partial charge in [0.2, 0.25) is 5.91 Å². The van der Waals surface area contributed by atoms with Crippen molar-refractivity contribution in [3.63, 3.8) is 0 Å². The second kappa shape index (κ2) is 7.49. The topological polar surface area (TPSA) is 45.2 Å². The number of amides is 1. The van der Waals surface area contributed by atoms with Crippen LogP contribution in [-0.4, -0.2) is 41.0 Å². The van der Waals surface area contributed by atoms with E-state index in [1.807, 2.05) is 23.3 Å². The molecule has 1 aromatic heterocycles. The smallest absolute Gasteiger partial charge is 0.230 e. The fraction of sp³-hybridized carbons (Fsp3) is 0.733. The van der Waals surface area contributed by atoms with E-state index >= 15 is 0 Å². The van der Waals surface area contributed by atoms with Gasteiger partial charge in [0.1, 0.15) is 0 Å². The molecular formula is C15H23N3OS2. The lowest BCUT2D eigenvalue weighted by molar-refractivity contribution is -0.118. The SMILES string of the molecule is O=C(CSC1CCCC1)NC[C@@H]1CCCN1c1nccs1. The molecule has 116 valence electrons. The van der Waals surface area contributed by atoms with Crippen molar-refractivity contribution in [2.24, 2.45) is 0 Å². The summed E-state index contributed by atoms with van der Waals surface area (Å²) in [6, 6.07) is 0.414. The maximum atomic E-state index is 12.0. The number of nitrogens with one attached hydrogen (secondary N) is 1. The average molecular weight is 326 g/mol. The van der Waals surface area contributed by atoms with Crippen molar-refractivity contribution in [3.8, 4) is 0 Å². The van der Waals surface area contributed by atoms with E-state index in [4.69, 9.17) is 0 Å². The Morgan fingerprint density at radius 3 is 3.00 bits per heavy atom. The van der Waals surface area contributed by atoms with Gasteiger partial charge in [-0.25, -0.2) is 4.98 Å². The molecule has 3 rings (SSSR count). The highest BCUT2D eigenvalue weighted by Crippen LogP contribution is 2.29. The van der Waals surface area contributed by atoms with Crippen LogP contribution in [-0.2, 0) is 4.79 Å². The highest BCUT2D eigenvalue weighted by molar-refractivity contribution is 8.00. The number of rotatable bonds is 6. The lowest BCUT2D eigenvalue weighted by Crippen LogP contribution is -2.40. The van der Waals surface area contributed by atoms with Crippen LogP contribution in [0.15, 0.2) is 11.6 Å². The molecule has 1 aliphatic heterocycles. The Balaban J connectivity index is 1.40. The third kappa shape index (κ3) is 4.13. The molecule has 0 aromatic carbocycles. The molecule has 1 atom stereocenters. The normalized spacial score (nSPS) is 22.9. The van der Waals surface area contributed by atoms with E-state index in [1.54, 1.807) is 11.3 Å². The highest BCUT2D eigenvalue weighted by Gasteiger charge is 2.26. The Kier molecular flexibility index (Phi) is 5.41. The first kappa shape index (κ1) is 15.2. The molecule has 0 radical (unpaired) electrons. The fourth-order valence-corrected chi connectivity index (χ4v) is 5.09. The van der Waals surface area contributed by atoms with E-state index in [1.165, 1.54) is 32.1 Å². The summed E-state index contributed by atoms with van der Waals surface area (Å²) in [6.45, 7) is 1.81. The predicted molar refractivity (Wildman–Crippen MR) is 90.2 cm³/mol. The van der Waals surface area contributed by atoms with E-state index in [0.717, 1.165) is 24.6 Å². The maximum absolute atomic E-state index is 12.0. The Morgan fingerprint density at radius 2 is 2.24 bits per heavy atom. The van der Waals surface area contributed by atoms with Crippen LogP contribution in [0.25, 0.3) is 0 Å². The maximum Gasteiger partial charge on any atom is 0.230 e. The Bertz CT molecular complexity index is 446. The minimum absolute atomic E-state index is 0.192. The van der Waals surface area contributed by atoms with E-state index < -0.39 is 0 Å². The van der Waals surface area contributed by atoms with Crippen molar-refractivity contribution in [2.75, 3.05) is 23.7 Å². The van der Waals surface area contributed by atoms with Gasteiger partial charge in [-0.3, -0.25) is 4.79 Å². The van der Waals surface area contributed by atoms with Crippen LogP contribution in [0.5, 0.6) is 0 Å². The van der Waals surface area contributed by atoms with Crippen LogP contribution in [0.2, 0.25) is 0 Å². The van der Waals surface area contributed by atoms with Crippen molar-refractivity contribution in [1.29, 1.82) is 0 Å². The monoisotopic (exact) mass is 325 g/mol. The number of aromatic nitrogens is 1. The number of carbonyl (C=O) groups excluding carboxylic acids is 1. The van der Waals surface area contributed by atoms with Crippen molar-refractivity contribution in [2.45, 2.75) is 49.8 Å². The molecule has 1 N–H and O–H groups in total. The summed E-state index contributed by atoms with van der Waals surface area (Å²) in [7, 11) is 0. The standard InChI is InChI=1S/C15H23N3OS2/c19-14(11-21-13-5-1-2-6-13)17-10-12-4-3-8-18(12)15-16-7-9-20-15/h7,9,12-13H,1-6,8,10-11H2,(H,17,19)/t12-/m0/s1. The van der Waals surface area contributed by atoms with Gasteiger partial charge in [0.25, 0.3) is 0 Å². The van der Waals surface area contributed by atoms with Crippen LogP contribution < -0.4 is 10.2 Å². The van der Waals surface area contributed by atoms with Gasteiger partial charge in [-0.15, -0.1) is 23.1 Å². The molecule has 1 amide bonds. The molecule has 1 saturated heterocycles. The fourth-order valence-electron chi connectivity index (χ4n) is 3.19. The van der Waals surface area contributed by atoms with Gasteiger partial charge < -0.3 is 10.2 Å². The van der Waals surface area contributed by atoms with Crippen LogP contribution in [0.3, 0.4) is 0 Å². The summed E-state index contributed by atoms with van der Waals surface area (Å²) in [4.78, 5) is 18.7. The molecule has 0 spiro atoms. The van der Waals surface area contributed by atoms with Gasteiger partial charge in [-0.1, -0.05) is 12.8 Å². The number of hydrogen-bond acceptors (Lipinski definition) is 5. The van der Waals surface area contributed by atoms with Crippen LogP contribution in [0.1, 0.15) is 38.5 Å². The van der Waals surface area contributed by atoms with Gasteiger partial charge >= 0.3 is 0 Å². The number of nitrogens with zero attached hydrogens (tertiary/aromatic N) is 2. The Morgan fingerprint density at radius 1 is 1.38 bits per heavy atom. The lowest BCUT2D eigenvalue weighted by Gasteiger charge is -2.24. The molecule has 1 aromatic rings. The van der Waals surface area contributed by atoms with E-state index in [0.29, 0.717) is 17.0 Å². The zero-order valence-electron chi connectivity index (χ0n) is 12.3. The third-order valence-corrected chi connectivity index (χ3v) is 6.51. The number of thioether (sulfide) groups is 1. The summed E-state index contributed by atoms with van der Waals surface area (Å²) in [6.07, 6.45) is 9.45. The zero-order valence-corrected chi connectivity index (χ0v) is 13.9. The zero-order chi connectivity index (χ0) is 14.5. The molecule has 0 bridgehead atoms. The summed E-state index contributed by atoms with van der Waals surface area (Å²) in [5.74, 6) is 0.812. The van der Waals surface area contributed by atoms with Crippen molar-refractivity contribution >= 4 is 34.1 Å². The molecule has 4 nitrogen and oxygen atoms in total. The summed E-state index contributed by atoms with van der Waals surface area (Å²) >= 11 is 3.52. The summed E-state index contributed by atoms with van der Waals surface area (Å²) in [5.41, 5.74) is 0. The lowest BCUT2D eigenvalue weighted by atomic mass is 10.2. The second-order valence-corrected chi connectivity index (χ2v) is 7.99. The van der Waals surface area contributed by atoms with Gasteiger partial charge in [0.05, 0.1) is 5.75 Å². The van der Waals surface area contributed by atoms with Gasteiger partial charge in [-0.2, -0.15) is 0 Å². The van der Waals surface area contributed by atoms with Gasteiger partial charge in [0, 0.05) is 36.0 Å². The van der Waals surface area contributed by atoms with E-state index in [2.05, 4.69) is 15.2 Å². The molecule has 0 unspecified atom stereocenters. The van der Waals surface area contributed by atoms with Gasteiger partial charge in [0.15, 0.2) is 5.13 Å². The van der Waals surface area contributed by atoms with E-state index in [-0.39, 0.29) is 5.91 Å². The first-order valence-electron chi connectivity index (χ1n) is 7.87. The molecule has 2 heterocycles. The van der Waals surface area contributed by atoms with Crippen molar-refractivity contribution in [3.05, 3.63) is 11.6 Å². The summed E-state index contributed by atoms with van der Waals surface area (Å²) in [5, 5.41) is 6.94. The molecule has 6 heteroatoms. The quantitative estimate of drug-likeness (QED) is 0.873. The van der Waals surface area contributed by atoms with E-state index in [9.17, 15) is 4.79 Å². The van der Waals surface area contributed by atoms with Crippen molar-refractivity contribution < 1.29 is 4.79 Å². The minimum atomic E-state index is 0.192. The molecule has 2 aliphatic rings. The molecular weight excluding hydrogens is 302 g/mol. The molecule has 21 heavy (non-hydrogen) atoms. The van der Waals surface area contributed by atoms with Crippen LogP contribution in [0.4, 0.5) is 5.13 Å². The Labute approximate surface area is 134 Å². The first-order chi connectivity index (χ1) is 10.3. The predicted octanol–water partition coefficient (Wildman–Crippen LogP) is 2.90. The highest BCUT2D eigenvalue weighted by atomic mass is 32.2. The molecule has 1 aliphatic carbocycles. The number of carbonyl (C=O) groups is 1. The second-order valence-electron chi connectivity index (χ2n) is 5.83. The average Bonchev–Trinajstić information content (AvgIpc) is 3.24. The number of hydrogen-bond donors (Lipinski definition) is 1. The minimum Gasteiger partial charge on any atom is -0.353 e. The van der Waals surface area contributed by atoms with Gasteiger partial charge in [-0.05, 0) is 25.7 Å². The molecule has 1 saturated carbocycles. The largest absolute Gasteiger partial charge is 0.353 e. The first-order valence-corrected chi connectivity index (χ1v) is 9.80. The number of thiazole rings is 1. The Hall–Kier alpha value is -0.750. The number of anilines is 1.